The molecule has 0 N–H and O–H groups in total. The average Bonchev–Trinajstić information content (AvgIpc) is 2.05. The second kappa shape index (κ2) is 3.75. The lowest BCUT2D eigenvalue weighted by atomic mass is 9.85. The molecule has 11 heavy (non-hydrogen) atoms. The molecule has 0 saturated carbocycles. The highest BCUT2D eigenvalue weighted by atomic mass is 14.2. The fourth-order valence-corrected chi connectivity index (χ4v) is 1.66. The van der Waals surface area contributed by atoms with Gasteiger partial charge in [0, 0.05) is 0 Å². The molecule has 1 aliphatic carbocycles. The molecule has 0 aliphatic heterocycles. The summed E-state index contributed by atoms with van der Waals surface area (Å²) in [6.45, 7) is 8.39. The molecule has 1 atom stereocenters. The number of hydrogen-bond donors (Lipinski definition) is 0. The Morgan fingerprint density at radius 2 is 2.45 bits per heavy atom. The maximum atomic E-state index is 4.00. The molecule has 0 aromatic heterocycles. The zero-order valence-corrected chi connectivity index (χ0v) is 7.69. The van der Waals surface area contributed by atoms with Crippen LogP contribution in [0.25, 0.3) is 0 Å². The van der Waals surface area contributed by atoms with Crippen LogP contribution in [0, 0.1) is 5.92 Å². The first-order valence-electron chi connectivity index (χ1n) is 4.57. The van der Waals surface area contributed by atoms with E-state index >= 15 is 0 Å². The van der Waals surface area contributed by atoms with E-state index in [1.807, 2.05) is 0 Å². The van der Waals surface area contributed by atoms with Gasteiger partial charge in [0.25, 0.3) is 0 Å². The Labute approximate surface area is 70.0 Å². The Balaban J connectivity index is 2.47. The van der Waals surface area contributed by atoms with Crippen LogP contribution < -0.4 is 0 Å². The van der Waals surface area contributed by atoms with E-state index in [9.17, 15) is 0 Å². The third-order valence-corrected chi connectivity index (χ3v) is 2.66. The molecular weight excluding hydrogens is 132 g/mol. The van der Waals surface area contributed by atoms with Crippen molar-refractivity contribution in [1.29, 1.82) is 0 Å². The van der Waals surface area contributed by atoms with E-state index in [1.165, 1.54) is 31.3 Å². The van der Waals surface area contributed by atoms with Gasteiger partial charge >= 0.3 is 0 Å². The summed E-state index contributed by atoms with van der Waals surface area (Å²) in [5, 5.41) is 0. The molecule has 0 spiro atoms. The van der Waals surface area contributed by atoms with Crippen molar-refractivity contribution >= 4 is 0 Å². The Kier molecular flexibility index (Phi) is 2.92. The summed E-state index contributed by atoms with van der Waals surface area (Å²) in [4.78, 5) is 0. The fourth-order valence-electron chi connectivity index (χ4n) is 1.66. The van der Waals surface area contributed by atoms with Crippen molar-refractivity contribution in [3.05, 3.63) is 23.8 Å². The van der Waals surface area contributed by atoms with E-state index < -0.39 is 0 Å². The van der Waals surface area contributed by atoms with E-state index in [2.05, 4.69) is 26.5 Å². The molecule has 1 rings (SSSR count). The number of hydrogen-bond acceptors (Lipinski definition) is 0. The zero-order valence-electron chi connectivity index (χ0n) is 7.69. The Morgan fingerprint density at radius 1 is 1.73 bits per heavy atom. The predicted molar refractivity (Wildman–Crippen MR) is 50.5 cm³/mol. The molecule has 0 bridgehead atoms. The van der Waals surface area contributed by atoms with E-state index in [1.54, 1.807) is 5.57 Å². The second-order valence-electron chi connectivity index (χ2n) is 3.53. The fraction of sp³-hybridized carbons (Fsp3) is 0.636. The zero-order chi connectivity index (χ0) is 8.27. The lowest BCUT2D eigenvalue weighted by molar-refractivity contribution is 0.534. The average molecular weight is 150 g/mol. The van der Waals surface area contributed by atoms with Crippen molar-refractivity contribution < 1.29 is 0 Å². The summed E-state index contributed by atoms with van der Waals surface area (Å²) in [5.74, 6) is 0.769. The van der Waals surface area contributed by atoms with Gasteiger partial charge in [-0.25, -0.2) is 0 Å². The van der Waals surface area contributed by atoms with Gasteiger partial charge in [-0.1, -0.05) is 30.7 Å². The molecule has 1 aliphatic rings. The topological polar surface area (TPSA) is 0 Å². The van der Waals surface area contributed by atoms with Crippen LogP contribution in [0.3, 0.4) is 0 Å². The minimum absolute atomic E-state index is 0.769. The number of rotatable bonds is 2. The van der Waals surface area contributed by atoms with Gasteiger partial charge in [-0.05, 0) is 38.5 Å². The minimum atomic E-state index is 0.769. The minimum Gasteiger partial charge on any atom is -0.0998 e. The highest BCUT2D eigenvalue weighted by molar-refractivity contribution is 5.11. The van der Waals surface area contributed by atoms with Gasteiger partial charge in [0.05, 0.1) is 0 Å². The molecule has 0 fully saturated rings. The highest BCUT2D eigenvalue weighted by Gasteiger charge is 2.13. The summed E-state index contributed by atoms with van der Waals surface area (Å²) < 4.78 is 0. The molecule has 0 aromatic carbocycles. The van der Waals surface area contributed by atoms with E-state index in [0.29, 0.717) is 0 Å². The van der Waals surface area contributed by atoms with Crippen molar-refractivity contribution in [3.63, 3.8) is 0 Å². The molecule has 0 unspecified atom stereocenters. The summed E-state index contributed by atoms with van der Waals surface area (Å²) in [7, 11) is 0. The largest absolute Gasteiger partial charge is 0.0998 e. The lowest BCUT2D eigenvalue weighted by Crippen LogP contribution is -2.05. The van der Waals surface area contributed by atoms with Gasteiger partial charge in [0.2, 0.25) is 0 Å². The van der Waals surface area contributed by atoms with Crippen LogP contribution in [-0.2, 0) is 0 Å². The molecule has 0 heteroatoms. The smallest absolute Gasteiger partial charge is 0.0171 e. The Hall–Kier alpha value is -0.520. The van der Waals surface area contributed by atoms with Gasteiger partial charge in [-0.3, -0.25) is 0 Å². The second-order valence-corrected chi connectivity index (χ2v) is 3.53. The molecule has 0 nitrogen and oxygen atoms in total. The first kappa shape index (κ1) is 8.58. The van der Waals surface area contributed by atoms with Crippen LogP contribution in [0.4, 0.5) is 0 Å². The van der Waals surface area contributed by atoms with Crippen LogP contribution in [-0.4, -0.2) is 0 Å². The molecule has 0 heterocycles. The Morgan fingerprint density at radius 3 is 2.82 bits per heavy atom. The van der Waals surface area contributed by atoms with E-state index in [-0.39, 0.29) is 0 Å². The SMILES string of the molecule is C=C(C)[C@H]1CC=C(CC)CC1. The summed E-state index contributed by atoms with van der Waals surface area (Å²) in [6, 6.07) is 0. The standard InChI is InChI=1S/C11H18/c1-4-10-5-7-11(8-6-10)9(2)3/h5,11H,2,4,6-8H2,1,3H3/t11-/m0/s1. The monoisotopic (exact) mass is 150 g/mol. The first-order valence-corrected chi connectivity index (χ1v) is 4.57. The van der Waals surface area contributed by atoms with E-state index in [4.69, 9.17) is 0 Å². The van der Waals surface area contributed by atoms with Gasteiger partial charge in [-0.2, -0.15) is 0 Å². The predicted octanol–water partition coefficient (Wildman–Crippen LogP) is 3.70. The van der Waals surface area contributed by atoms with Crippen LogP contribution in [0.5, 0.6) is 0 Å². The highest BCUT2D eigenvalue weighted by Crippen LogP contribution is 2.28. The van der Waals surface area contributed by atoms with Gasteiger partial charge < -0.3 is 0 Å². The van der Waals surface area contributed by atoms with Crippen molar-refractivity contribution in [3.8, 4) is 0 Å². The molecule has 0 saturated heterocycles. The third kappa shape index (κ3) is 2.21. The van der Waals surface area contributed by atoms with Crippen LogP contribution in [0.1, 0.15) is 39.5 Å². The molecule has 0 radical (unpaired) electrons. The van der Waals surface area contributed by atoms with Gasteiger partial charge in [0.15, 0.2) is 0 Å². The van der Waals surface area contributed by atoms with E-state index in [0.717, 1.165) is 5.92 Å². The summed E-state index contributed by atoms with van der Waals surface area (Å²) in [6.07, 6.45) is 7.51. The molecule has 0 aromatic rings. The van der Waals surface area contributed by atoms with Gasteiger partial charge in [0.1, 0.15) is 0 Å². The summed E-state index contributed by atoms with van der Waals surface area (Å²) >= 11 is 0. The Bertz CT molecular complexity index is 174. The maximum absolute atomic E-state index is 4.00. The molecular formula is C11H18. The lowest BCUT2D eigenvalue weighted by Gasteiger charge is -2.21. The van der Waals surface area contributed by atoms with Crippen molar-refractivity contribution in [2.75, 3.05) is 0 Å². The maximum Gasteiger partial charge on any atom is -0.0171 e. The molecule has 0 amide bonds. The normalized spacial score (nSPS) is 24.5. The van der Waals surface area contributed by atoms with Crippen molar-refractivity contribution in [2.24, 2.45) is 5.92 Å². The van der Waals surface area contributed by atoms with Crippen LogP contribution in [0.2, 0.25) is 0 Å². The number of allylic oxidation sites excluding steroid dienone is 3. The summed E-state index contributed by atoms with van der Waals surface area (Å²) in [5.41, 5.74) is 3.00. The third-order valence-electron chi connectivity index (χ3n) is 2.66. The van der Waals surface area contributed by atoms with Crippen LogP contribution in [0.15, 0.2) is 23.8 Å². The van der Waals surface area contributed by atoms with Gasteiger partial charge in [-0.15, -0.1) is 0 Å². The molecule has 62 valence electrons. The first-order chi connectivity index (χ1) is 5.24. The van der Waals surface area contributed by atoms with Crippen molar-refractivity contribution in [1.82, 2.24) is 0 Å². The van der Waals surface area contributed by atoms with Crippen molar-refractivity contribution in [2.45, 2.75) is 39.5 Å². The van der Waals surface area contributed by atoms with Crippen LogP contribution >= 0.6 is 0 Å². The quantitative estimate of drug-likeness (QED) is 0.526.